The van der Waals surface area contributed by atoms with Crippen LogP contribution in [0.4, 0.5) is 0 Å². The Kier molecular flexibility index (Phi) is 4.12. The summed E-state index contributed by atoms with van der Waals surface area (Å²) in [6.45, 7) is 2.95. The number of amides is 1. The Labute approximate surface area is 74.7 Å². The SMILES string of the molecule is CCCCCC[N]C(=O)C1CC1. The fraction of sp³-hybridized carbons (Fsp3) is 0.900. The summed E-state index contributed by atoms with van der Waals surface area (Å²) in [6, 6.07) is 0. The maximum atomic E-state index is 11.1. The zero-order valence-electron chi connectivity index (χ0n) is 7.88. The van der Waals surface area contributed by atoms with Gasteiger partial charge in [-0.05, 0) is 19.3 Å². The maximum Gasteiger partial charge on any atom is 0.244 e. The summed E-state index contributed by atoms with van der Waals surface area (Å²) in [5, 5.41) is 4.02. The highest BCUT2D eigenvalue weighted by molar-refractivity contribution is 5.80. The molecule has 0 spiro atoms. The predicted molar refractivity (Wildman–Crippen MR) is 48.9 cm³/mol. The lowest BCUT2D eigenvalue weighted by molar-refractivity contribution is -0.122. The minimum Gasteiger partial charge on any atom is -0.273 e. The van der Waals surface area contributed by atoms with Crippen molar-refractivity contribution >= 4 is 5.91 Å². The summed E-state index contributed by atoms with van der Waals surface area (Å²) >= 11 is 0. The van der Waals surface area contributed by atoms with E-state index >= 15 is 0 Å². The number of nitrogens with zero attached hydrogens (tertiary/aromatic N) is 1. The standard InChI is InChI=1S/C10H18NO/c1-2-3-4-5-8-11-10(12)9-6-7-9/h9H,2-8H2,1H3. The van der Waals surface area contributed by atoms with Gasteiger partial charge in [0.1, 0.15) is 0 Å². The maximum absolute atomic E-state index is 11.1. The minimum atomic E-state index is 0.159. The quantitative estimate of drug-likeness (QED) is 0.559. The molecule has 0 aromatic carbocycles. The summed E-state index contributed by atoms with van der Waals surface area (Å²) in [7, 11) is 0. The Morgan fingerprint density at radius 2 is 2.08 bits per heavy atom. The minimum absolute atomic E-state index is 0.159. The number of hydrogen-bond donors (Lipinski definition) is 0. The Balaban J connectivity index is 1.84. The van der Waals surface area contributed by atoms with Crippen molar-refractivity contribution in [3.8, 4) is 0 Å². The van der Waals surface area contributed by atoms with Crippen LogP contribution in [0.1, 0.15) is 45.4 Å². The first kappa shape index (κ1) is 9.56. The largest absolute Gasteiger partial charge is 0.273 e. The molecule has 69 valence electrons. The van der Waals surface area contributed by atoms with Gasteiger partial charge in [0.2, 0.25) is 5.91 Å². The van der Waals surface area contributed by atoms with E-state index < -0.39 is 0 Å². The van der Waals surface area contributed by atoms with Crippen molar-refractivity contribution in [3.63, 3.8) is 0 Å². The van der Waals surface area contributed by atoms with Crippen molar-refractivity contribution < 1.29 is 4.79 Å². The third-order valence-corrected chi connectivity index (χ3v) is 2.21. The highest BCUT2D eigenvalue weighted by Crippen LogP contribution is 2.28. The molecule has 2 nitrogen and oxygen atoms in total. The molecule has 0 aromatic heterocycles. The van der Waals surface area contributed by atoms with Crippen molar-refractivity contribution in [1.29, 1.82) is 0 Å². The third kappa shape index (κ3) is 3.74. The summed E-state index contributed by atoms with van der Waals surface area (Å²) in [5.74, 6) is 0.475. The van der Waals surface area contributed by atoms with E-state index in [4.69, 9.17) is 0 Å². The number of carbonyl (C=O) groups excluding carboxylic acids is 1. The molecule has 12 heavy (non-hydrogen) atoms. The second kappa shape index (κ2) is 5.18. The molecule has 0 aromatic rings. The molecule has 1 fully saturated rings. The van der Waals surface area contributed by atoms with Crippen LogP contribution in [0.2, 0.25) is 0 Å². The third-order valence-electron chi connectivity index (χ3n) is 2.21. The van der Waals surface area contributed by atoms with Gasteiger partial charge in [0.05, 0.1) is 0 Å². The van der Waals surface area contributed by atoms with Gasteiger partial charge in [-0.25, -0.2) is 0 Å². The molecule has 0 atom stereocenters. The molecule has 1 rings (SSSR count). The van der Waals surface area contributed by atoms with Crippen LogP contribution in [0.15, 0.2) is 0 Å². The van der Waals surface area contributed by atoms with Gasteiger partial charge in [-0.3, -0.25) is 10.1 Å². The van der Waals surface area contributed by atoms with E-state index in [1.807, 2.05) is 0 Å². The molecule has 2 heteroatoms. The predicted octanol–water partition coefficient (Wildman–Crippen LogP) is 2.11. The zero-order chi connectivity index (χ0) is 8.81. The summed E-state index contributed by atoms with van der Waals surface area (Å²) in [6.07, 6.45) is 6.99. The van der Waals surface area contributed by atoms with Gasteiger partial charge in [-0.2, -0.15) is 0 Å². The number of unbranched alkanes of at least 4 members (excludes halogenated alkanes) is 3. The number of carbonyl (C=O) groups is 1. The first-order valence-electron chi connectivity index (χ1n) is 5.06. The van der Waals surface area contributed by atoms with Gasteiger partial charge in [-0.1, -0.05) is 26.2 Å². The molecule has 1 radical (unpaired) electrons. The van der Waals surface area contributed by atoms with Gasteiger partial charge in [0.15, 0.2) is 0 Å². The summed E-state index contributed by atoms with van der Waals surface area (Å²) < 4.78 is 0. The van der Waals surface area contributed by atoms with Gasteiger partial charge in [-0.15, -0.1) is 0 Å². The lowest BCUT2D eigenvalue weighted by Gasteiger charge is -1.99. The van der Waals surface area contributed by atoms with Crippen LogP contribution in [0.3, 0.4) is 0 Å². The van der Waals surface area contributed by atoms with Crippen LogP contribution in [-0.4, -0.2) is 12.5 Å². The van der Waals surface area contributed by atoms with Crippen molar-refractivity contribution in [2.24, 2.45) is 5.92 Å². The van der Waals surface area contributed by atoms with E-state index in [9.17, 15) is 4.79 Å². The Hall–Kier alpha value is -0.530. The van der Waals surface area contributed by atoms with Gasteiger partial charge < -0.3 is 0 Å². The van der Waals surface area contributed by atoms with Crippen LogP contribution in [0.25, 0.3) is 0 Å². The Morgan fingerprint density at radius 3 is 2.67 bits per heavy atom. The molecule has 1 aliphatic rings. The van der Waals surface area contributed by atoms with Crippen LogP contribution in [0, 0.1) is 5.92 Å². The second-order valence-electron chi connectivity index (χ2n) is 3.55. The Morgan fingerprint density at radius 1 is 1.33 bits per heavy atom. The lowest BCUT2D eigenvalue weighted by atomic mass is 10.2. The average molecular weight is 168 g/mol. The summed E-state index contributed by atoms with van der Waals surface area (Å²) in [4.78, 5) is 11.1. The van der Waals surface area contributed by atoms with Crippen LogP contribution < -0.4 is 5.32 Å². The van der Waals surface area contributed by atoms with E-state index in [1.54, 1.807) is 0 Å². The van der Waals surface area contributed by atoms with Crippen LogP contribution >= 0.6 is 0 Å². The molecule has 1 aliphatic carbocycles. The molecule has 0 unspecified atom stereocenters. The smallest absolute Gasteiger partial charge is 0.244 e. The number of hydrogen-bond acceptors (Lipinski definition) is 1. The van der Waals surface area contributed by atoms with E-state index in [2.05, 4.69) is 12.2 Å². The molecule has 0 heterocycles. The molecular formula is C10H18NO. The molecule has 0 N–H and O–H groups in total. The Bertz CT molecular complexity index is 141. The van der Waals surface area contributed by atoms with E-state index in [-0.39, 0.29) is 5.91 Å². The van der Waals surface area contributed by atoms with Gasteiger partial charge in [0, 0.05) is 12.5 Å². The first-order valence-corrected chi connectivity index (χ1v) is 5.06. The van der Waals surface area contributed by atoms with Crippen molar-refractivity contribution in [3.05, 3.63) is 0 Å². The molecule has 1 saturated carbocycles. The van der Waals surface area contributed by atoms with E-state index in [1.165, 1.54) is 19.3 Å². The molecular weight excluding hydrogens is 150 g/mol. The van der Waals surface area contributed by atoms with Crippen LogP contribution in [-0.2, 0) is 4.79 Å². The van der Waals surface area contributed by atoms with E-state index in [0.29, 0.717) is 5.92 Å². The van der Waals surface area contributed by atoms with Crippen LogP contribution in [0.5, 0.6) is 0 Å². The first-order chi connectivity index (χ1) is 5.84. The second-order valence-corrected chi connectivity index (χ2v) is 3.55. The van der Waals surface area contributed by atoms with Crippen molar-refractivity contribution in [2.45, 2.75) is 45.4 Å². The molecule has 1 amide bonds. The molecule has 0 bridgehead atoms. The van der Waals surface area contributed by atoms with E-state index in [0.717, 1.165) is 25.8 Å². The fourth-order valence-corrected chi connectivity index (χ4v) is 1.19. The van der Waals surface area contributed by atoms with Gasteiger partial charge >= 0.3 is 0 Å². The van der Waals surface area contributed by atoms with Gasteiger partial charge in [0.25, 0.3) is 0 Å². The fourth-order valence-electron chi connectivity index (χ4n) is 1.19. The zero-order valence-corrected chi connectivity index (χ0v) is 7.88. The molecule has 0 saturated heterocycles. The average Bonchev–Trinajstić information content (AvgIpc) is 2.86. The monoisotopic (exact) mass is 168 g/mol. The van der Waals surface area contributed by atoms with Crippen molar-refractivity contribution in [2.75, 3.05) is 6.54 Å². The highest BCUT2D eigenvalue weighted by Gasteiger charge is 2.29. The van der Waals surface area contributed by atoms with Crippen molar-refractivity contribution in [1.82, 2.24) is 5.32 Å². The summed E-state index contributed by atoms with van der Waals surface area (Å²) in [5.41, 5.74) is 0. The molecule has 0 aliphatic heterocycles. The topological polar surface area (TPSA) is 31.2 Å². The number of rotatable bonds is 6. The normalized spacial score (nSPS) is 16.1. The highest BCUT2D eigenvalue weighted by atomic mass is 16.2. The lowest BCUT2D eigenvalue weighted by Crippen LogP contribution is -2.18.